The van der Waals surface area contributed by atoms with Crippen molar-refractivity contribution >= 4 is 11.3 Å². The first-order valence-electron chi connectivity index (χ1n) is 7.16. The average Bonchev–Trinajstić information content (AvgIpc) is 3.20. The van der Waals surface area contributed by atoms with E-state index in [1.807, 2.05) is 36.4 Å². The van der Waals surface area contributed by atoms with Crippen molar-refractivity contribution in [2.45, 2.75) is 19.1 Å². The fourth-order valence-corrected chi connectivity index (χ4v) is 3.11. The van der Waals surface area contributed by atoms with Gasteiger partial charge in [0.25, 0.3) is 0 Å². The van der Waals surface area contributed by atoms with E-state index in [1.54, 1.807) is 12.1 Å². The van der Waals surface area contributed by atoms with Gasteiger partial charge in [-0.3, -0.25) is 4.68 Å². The molecule has 3 aromatic rings. The number of alkyl halides is 3. The zero-order chi connectivity index (χ0) is 17.2. The Morgan fingerprint density at radius 3 is 2.50 bits per heavy atom. The number of aryl methyl sites for hydroxylation is 2. The molecule has 3 rings (SSSR count). The van der Waals surface area contributed by atoms with Crippen LogP contribution < -0.4 is 0 Å². The van der Waals surface area contributed by atoms with Gasteiger partial charge < -0.3 is 0 Å². The SMILES string of the molecule is N#Cc1ccc(-c2cc(C(F)(F)F)n(CCc3ccccc3)n2)s1. The van der Waals surface area contributed by atoms with Gasteiger partial charge in [-0.15, -0.1) is 11.3 Å². The molecule has 24 heavy (non-hydrogen) atoms. The van der Waals surface area contributed by atoms with Gasteiger partial charge in [0, 0.05) is 6.54 Å². The Morgan fingerprint density at radius 2 is 1.88 bits per heavy atom. The minimum Gasteiger partial charge on any atom is -0.259 e. The van der Waals surface area contributed by atoms with E-state index in [1.165, 1.54) is 0 Å². The van der Waals surface area contributed by atoms with Gasteiger partial charge in [0.15, 0.2) is 0 Å². The first-order valence-corrected chi connectivity index (χ1v) is 7.98. The molecule has 2 heterocycles. The number of benzene rings is 1. The molecule has 0 saturated carbocycles. The summed E-state index contributed by atoms with van der Waals surface area (Å²) in [6.07, 6.45) is -4.02. The molecule has 0 radical (unpaired) electrons. The number of rotatable bonds is 4. The second-order valence-corrected chi connectivity index (χ2v) is 6.23. The van der Waals surface area contributed by atoms with Crippen LogP contribution in [0.25, 0.3) is 10.6 Å². The number of nitrogens with zero attached hydrogens (tertiary/aromatic N) is 3. The highest BCUT2D eigenvalue weighted by Crippen LogP contribution is 2.34. The molecule has 0 unspecified atom stereocenters. The highest BCUT2D eigenvalue weighted by molar-refractivity contribution is 7.15. The Balaban J connectivity index is 1.91. The Hall–Kier alpha value is -2.59. The zero-order valence-electron chi connectivity index (χ0n) is 12.4. The van der Waals surface area contributed by atoms with Gasteiger partial charge in [-0.1, -0.05) is 30.3 Å². The lowest BCUT2D eigenvalue weighted by atomic mass is 10.1. The molecule has 1 aromatic carbocycles. The van der Waals surface area contributed by atoms with E-state index in [-0.39, 0.29) is 12.2 Å². The molecule has 0 aliphatic rings. The minimum atomic E-state index is -4.47. The number of thiophene rings is 1. The van der Waals surface area contributed by atoms with Gasteiger partial charge in [0.2, 0.25) is 0 Å². The summed E-state index contributed by atoms with van der Waals surface area (Å²) < 4.78 is 40.8. The van der Waals surface area contributed by atoms with Crippen LogP contribution in [0, 0.1) is 11.3 Å². The van der Waals surface area contributed by atoms with Crippen LogP contribution in [-0.4, -0.2) is 9.78 Å². The largest absolute Gasteiger partial charge is 0.433 e. The minimum absolute atomic E-state index is 0.134. The molecular formula is C17H12F3N3S. The van der Waals surface area contributed by atoms with E-state index >= 15 is 0 Å². The summed E-state index contributed by atoms with van der Waals surface area (Å²) in [7, 11) is 0. The fraction of sp³-hybridized carbons (Fsp3) is 0.176. The molecule has 122 valence electrons. The first-order chi connectivity index (χ1) is 11.5. The van der Waals surface area contributed by atoms with Crippen molar-refractivity contribution in [1.29, 1.82) is 5.26 Å². The van der Waals surface area contributed by atoms with Gasteiger partial charge in [-0.2, -0.15) is 23.5 Å². The first kappa shape index (κ1) is 16.3. The lowest BCUT2D eigenvalue weighted by molar-refractivity contribution is -0.144. The maximum atomic E-state index is 13.3. The van der Waals surface area contributed by atoms with E-state index in [4.69, 9.17) is 5.26 Å². The highest BCUT2D eigenvalue weighted by Gasteiger charge is 2.36. The summed E-state index contributed by atoms with van der Waals surface area (Å²) in [6, 6.07) is 15.5. The molecule has 0 aliphatic carbocycles. The maximum absolute atomic E-state index is 13.3. The van der Waals surface area contributed by atoms with Gasteiger partial charge >= 0.3 is 6.18 Å². The quantitative estimate of drug-likeness (QED) is 0.684. The maximum Gasteiger partial charge on any atom is 0.433 e. The number of nitriles is 1. The molecule has 0 amide bonds. The second-order valence-electron chi connectivity index (χ2n) is 5.15. The molecule has 0 atom stereocenters. The standard InChI is InChI=1S/C17H12F3N3S/c18-17(19,20)16-10-14(15-7-6-13(11-21)24-15)22-23(16)9-8-12-4-2-1-3-5-12/h1-7,10H,8-9H2. The summed E-state index contributed by atoms with van der Waals surface area (Å²) in [5.74, 6) is 0. The van der Waals surface area contributed by atoms with E-state index in [0.717, 1.165) is 27.6 Å². The Labute approximate surface area is 140 Å². The third-order valence-electron chi connectivity index (χ3n) is 3.49. The second kappa shape index (κ2) is 6.49. The molecule has 0 spiro atoms. The fourth-order valence-electron chi connectivity index (χ4n) is 2.35. The summed E-state index contributed by atoms with van der Waals surface area (Å²) in [6.45, 7) is 0.134. The summed E-state index contributed by atoms with van der Waals surface area (Å²) in [5.41, 5.74) is 0.410. The van der Waals surface area contributed by atoms with Crippen molar-refractivity contribution in [1.82, 2.24) is 9.78 Å². The van der Waals surface area contributed by atoms with E-state index in [9.17, 15) is 13.2 Å². The van der Waals surface area contributed by atoms with Crippen LogP contribution in [-0.2, 0) is 19.1 Å². The predicted octanol–water partition coefficient (Wildman–Crippen LogP) is 4.74. The van der Waals surface area contributed by atoms with Crippen molar-refractivity contribution in [2.24, 2.45) is 0 Å². The van der Waals surface area contributed by atoms with Crippen LogP contribution in [0.15, 0.2) is 48.5 Å². The molecule has 0 aliphatic heterocycles. The van der Waals surface area contributed by atoms with Crippen molar-refractivity contribution in [3.63, 3.8) is 0 Å². The lowest BCUT2D eigenvalue weighted by Gasteiger charge is -2.10. The predicted molar refractivity (Wildman–Crippen MR) is 85.4 cm³/mol. The molecule has 3 nitrogen and oxygen atoms in total. The van der Waals surface area contributed by atoms with E-state index < -0.39 is 11.9 Å². The molecule has 0 bridgehead atoms. The lowest BCUT2D eigenvalue weighted by Crippen LogP contribution is -2.15. The van der Waals surface area contributed by atoms with Crippen molar-refractivity contribution in [3.05, 3.63) is 64.7 Å². The summed E-state index contributed by atoms with van der Waals surface area (Å²) in [5, 5.41) is 13.0. The molecule has 7 heteroatoms. The molecule has 0 saturated heterocycles. The van der Waals surface area contributed by atoms with E-state index in [2.05, 4.69) is 5.10 Å². The number of hydrogen-bond acceptors (Lipinski definition) is 3. The summed E-state index contributed by atoms with van der Waals surface area (Å²) >= 11 is 1.13. The van der Waals surface area contributed by atoms with Crippen molar-refractivity contribution in [2.75, 3.05) is 0 Å². The molecule has 0 N–H and O–H groups in total. The van der Waals surface area contributed by atoms with Crippen LogP contribution in [0.3, 0.4) is 0 Å². The Morgan fingerprint density at radius 1 is 1.12 bits per heavy atom. The van der Waals surface area contributed by atoms with Crippen molar-refractivity contribution in [3.8, 4) is 16.6 Å². The van der Waals surface area contributed by atoms with Crippen LogP contribution in [0.5, 0.6) is 0 Å². The number of halogens is 3. The molecular weight excluding hydrogens is 335 g/mol. The van der Waals surface area contributed by atoms with Gasteiger partial charge in [-0.25, -0.2) is 0 Å². The Kier molecular flexibility index (Phi) is 4.40. The normalized spacial score (nSPS) is 11.4. The van der Waals surface area contributed by atoms with Crippen LogP contribution in [0.4, 0.5) is 13.2 Å². The number of aromatic nitrogens is 2. The average molecular weight is 347 g/mol. The van der Waals surface area contributed by atoms with Gasteiger partial charge in [-0.05, 0) is 30.2 Å². The van der Waals surface area contributed by atoms with Crippen LogP contribution in [0.1, 0.15) is 16.1 Å². The Bertz CT molecular complexity index is 873. The van der Waals surface area contributed by atoms with Gasteiger partial charge in [0.1, 0.15) is 22.3 Å². The molecule has 2 aromatic heterocycles. The highest BCUT2D eigenvalue weighted by atomic mass is 32.1. The molecule has 0 fully saturated rings. The van der Waals surface area contributed by atoms with E-state index in [0.29, 0.717) is 16.2 Å². The monoisotopic (exact) mass is 347 g/mol. The van der Waals surface area contributed by atoms with Crippen molar-refractivity contribution < 1.29 is 13.2 Å². The third-order valence-corrected chi connectivity index (χ3v) is 4.51. The number of hydrogen-bond donors (Lipinski definition) is 0. The third kappa shape index (κ3) is 3.49. The topological polar surface area (TPSA) is 41.6 Å². The van der Waals surface area contributed by atoms with Crippen LogP contribution >= 0.6 is 11.3 Å². The smallest absolute Gasteiger partial charge is 0.259 e. The van der Waals surface area contributed by atoms with Gasteiger partial charge in [0.05, 0.1) is 4.88 Å². The zero-order valence-corrected chi connectivity index (χ0v) is 13.2. The van der Waals surface area contributed by atoms with Crippen LogP contribution in [0.2, 0.25) is 0 Å². The summed E-state index contributed by atoms with van der Waals surface area (Å²) in [4.78, 5) is 0.993.